The van der Waals surface area contributed by atoms with E-state index >= 15 is 0 Å². The van der Waals surface area contributed by atoms with E-state index < -0.39 is 0 Å². The third kappa shape index (κ3) is 2.11. The van der Waals surface area contributed by atoms with Crippen molar-refractivity contribution in [2.75, 3.05) is 0 Å². The van der Waals surface area contributed by atoms with Gasteiger partial charge >= 0.3 is 0 Å². The van der Waals surface area contributed by atoms with Crippen molar-refractivity contribution in [3.8, 4) is 0 Å². The maximum Gasteiger partial charge on any atom is -0.00800 e. The number of allylic oxidation sites excluding steroid dienone is 4. The predicted molar refractivity (Wildman–Crippen MR) is 87.7 cm³/mol. The summed E-state index contributed by atoms with van der Waals surface area (Å²) >= 11 is 0. The molecule has 0 amide bonds. The highest BCUT2D eigenvalue weighted by Crippen LogP contribution is 2.61. The monoisotopic (exact) mass is 272 g/mol. The summed E-state index contributed by atoms with van der Waals surface area (Å²) in [5, 5.41) is 0. The Hall–Kier alpha value is -0.520. The van der Waals surface area contributed by atoms with Gasteiger partial charge in [-0.1, -0.05) is 49.5 Å². The summed E-state index contributed by atoms with van der Waals surface area (Å²) in [6, 6.07) is 0. The van der Waals surface area contributed by atoms with Crippen LogP contribution in [0.3, 0.4) is 0 Å². The Balaban J connectivity index is 1.98. The van der Waals surface area contributed by atoms with Crippen LogP contribution >= 0.6 is 0 Å². The Kier molecular flexibility index (Phi) is 3.42. The molecule has 0 N–H and O–H groups in total. The molecule has 0 bridgehead atoms. The highest BCUT2D eigenvalue weighted by Gasteiger charge is 2.50. The van der Waals surface area contributed by atoms with Crippen molar-refractivity contribution in [3.05, 3.63) is 22.3 Å². The Bertz CT molecular complexity index is 470. The van der Waals surface area contributed by atoms with Gasteiger partial charge in [-0.05, 0) is 75.5 Å². The molecule has 0 aromatic carbocycles. The van der Waals surface area contributed by atoms with Crippen LogP contribution in [0.1, 0.15) is 86.0 Å². The summed E-state index contributed by atoms with van der Waals surface area (Å²) in [6.45, 7) is 12.3. The van der Waals surface area contributed by atoms with Gasteiger partial charge < -0.3 is 0 Å². The number of rotatable bonds is 0. The summed E-state index contributed by atoms with van der Waals surface area (Å²) in [5.41, 5.74) is 8.13. The van der Waals surface area contributed by atoms with Gasteiger partial charge in [0.2, 0.25) is 0 Å². The van der Waals surface area contributed by atoms with Gasteiger partial charge in [0.15, 0.2) is 0 Å². The molecule has 0 radical (unpaired) electrons. The summed E-state index contributed by atoms with van der Waals surface area (Å²) in [7, 11) is 0. The normalized spacial score (nSPS) is 36.5. The van der Waals surface area contributed by atoms with Crippen LogP contribution in [-0.4, -0.2) is 0 Å². The van der Waals surface area contributed by atoms with E-state index in [4.69, 9.17) is 0 Å². The van der Waals surface area contributed by atoms with Crippen molar-refractivity contribution in [2.45, 2.75) is 86.0 Å². The Morgan fingerprint density at radius 3 is 2.45 bits per heavy atom. The number of fused-ring (bicyclic) bond motifs is 2. The first-order valence-corrected chi connectivity index (χ1v) is 8.71. The quantitative estimate of drug-likeness (QED) is 0.446. The molecule has 0 nitrogen and oxygen atoms in total. The number of hydrogen-bond acceptors (Lipinski definition) is 0. The van der Waals surface area contributed by atoms with Crippen molar-refractivity contribution < 1.29 is 0 Å². The van der Waals surface area contributed by atoms with E-state index in [0.29, 0.717) is 10.8 Å². The molecule has 3 aliphatic rings. The molecule has 3 aliphatic carbocycles. The van der Waals surface area contributed by atoms with Crippen LogP contribution in [0.2, 0.25) is 0 Å². The highest BCUT2D eigenvalue weighted by molar-refractivity contribution is 5.36. The van der Waals surface area contributed by atoms with Crippen LogP contribution < -0.4 is 0 Å². The largest absolute Gasteiger partial charge is 0.0769 e. The minimum absolute atomic E-state index is 0.530. The van der Waals surface area contributed by atoms with Crippen molar-refractivity contribution in [2.24, 2.45) is 16.7 Å². The van der Waals surface area contributed by atoms with Crippen LogP contribution in [0.15, 0.2) is 22.3 Å². The molecule has 2 atom stereocenters. The average Bonchev–Trinajstić information content (AvgIpc) is 2.37. The third-order valence-electron chi connectivity index (χ3n) is 6.89. The second kappa shape index (κ2) is 4.75. The molecule has 0 saturated heterocycles. The van der Waals surface area contributed by atoms with Crippen molar-refractivity contribution >= 4 is 0 Å². The van der Waals surface area contributed by atoms with Crippen LogP contribution in [-0.2, 0) is 0 Å². The molecule has 0 aromatic heterocycles. The SMILES string of the molecule is CC(C)=C1CCC2=C(CC[C@H]3C(C)(C)CCC[C@]23C)C1. The highest BCUT2D eigenvalue weighted by atomic mass is 14.5. The molecule has 112 valence electrons. The zero-order chi connectivity index (χ0) is 14.5. The van der Waals surface area contributed by atoms with E-state index in [0.717, 1.165) is 5.92 Å². The van der Waals surface area contributed by atoms with Crippen molar-refractivity contribution in [1.29, 1.82) is 0 Å². The summed E-state index contributed by atoms with van der Waals surface area (Å²) in [6.07, 6.45) is 11.2. The van der Waals surface area contributed by atoms with Crippen LogP contribution in [0.4, 0.5) is 0 Å². The maximum atomic E-state index is 2.61. The van der Waals surface area contributed by atoms with Gasteiger partial charge in [0.05, 0.1) is 0 Å². The molecule has 20 heavy (non-hydrogen) atoms. The zero-order valence-corrected chi connectivity index (χ0v) is 14.2. The molecule has 1 fully saturated rings. The lowest BCUT2D eigenvalue weighted by atomic mass is 9.49. The lowest BCUT2D eigenvalue weighted by Crippen LogP contribution is -2.46. The summed E-state index contributed by atoms with van der Waals surface area (Å²) in [5.74, 6) is 0.927. The predicted octanol–water partition coefficient (Wildman–Crippen LogP) is 6.43. The molecule has 1 saturated carbocycles. The Morgan fingerprint density at radius 2 is 1.75 bits per heavy atom. The smallest absolute Gasteiger partial charge is 0.00800 e. The fourth-order valence-corrected chi connectivity index (χ4v) is 5.77. The Labute approximate surface area is 125 Å². The molecular weight excluding hydrogens is 240 g/mol. The van der Waals surface area contributed by atoms with Gasteiger partial charge in [-0.3, -0.25) is 0 Å². The van der Waals surface area contributed by atoms with Gasteiger partial charge in [0.1, 0.15) is 0 Å². The van der Waals surface area contributed by atoms with Gasteiger partial charge in [-0.25, -0.2) is 0 Å². The van der Waals surface area contributed by atoms with Gasteiger partial charge in [0, 0.05) is 0 Å². The van der Waals surface area contributed by atoms with Crippen LogP contribution in [0.5, 0.6) is 0 Å². The molecule has 0 unspecified atom stereocenters. The van der Waals surface area contributed by atoms with E-state index in [2.05, 4.69) is 34.6 Å². The minimum Gasteiger partial charge on any atom is -0.0769 e. The van der Waals surface area contributed by atoms with Gasteiger partial charge in [-0.15, -0.1) is 0 Å². The second-order valence-electron chi connectivity index (χ2n) is 8.71. The zero-order valence-electron chi connectivity index (χ0n) is 14.2. The lowest BCUT2D eigenvalue weighted by molar-refractivity contribution is 0.00921. The molecule has 3 rings (SSSR count). The van der Waals surface area contributed by atoms with Crippen molar-refractivity contribution in [1.82, 2.24) is 0 Å². The van der Waals surface area contributed by atoms with Gasteiger partial charge in [-0.2, -0.15) is 0 Å². The van der Waals surface area contributed by atoms with Gasteiger partial charge in [0.25, 0.3) is 0 Å². The third-order valence-corrected chi connectivity index (χ3v) is 6.89. The Morgan fingerprint density at radius 1 is 1.00 bits per heavy atom. The summed E-state index contributed by atoms with van der Waals surface area (Å²) < 4.78 is 0. The average molecular weight is 272 g/mol. The van der Waals surface area contributed by atoms with E-state index in [1.165, 1.54) is 51.4 Å². The van der Waals surface area contributed by atoms with Crippen LogP contribution in [0.25, 0.3) is 0 Å². The lowest BCUT2D eigenvalue weighted by Gasteiger charge is -2.56. The fourth-order valence-electron chi connectivity index (χ4n) is 5.77. The van der Waals surface area contributed by atoms with E-state index in [9.17, 15) is 0 Å². The maximum absolute atomic E-state index is 2.61. The van der Waals surface area contributed by atoms with E-state index in [1.54, 1.807) is 11.1 Å². The minimum atomic E-state index is 0.530. The molecule has 0 heterocycles. The fraction of sp³-hybridized carbons (Fsp3) is 0.800. The first kappa shape index (κ1) is 14.4. The van der Waals surface area contributed by atoms with E-state index in [-0.39, 0.29) is 0 Å². The summed E-state index contributed by atoms with van der Waals surface area (Å²) in [4.78, 5) is 0. The molecule has 0 aromatic rings. The molecular formula is C20H32. The van der Waals surface area contributed by atoms with E-state index in [1.807, 2.05) is 11.1 Å². The molecule has 0 aliphatic heterocycles. The standard InChI is InChI=1S/C20H32/c1-14(2)15-7-9-17-16(13-15)8-10-18-19(3,4)11-6-12-20(17,18)5/h18H,6-13H2,1-5H3/t18-,20+/m0/s1. The molecule has 0 spiro atoms. The van der Waals surface area contributed by atoms with Crippen LogP contribution in [0, 0.1) is 16.7 Å². The first-order valence-electron chi connectivity index (χ1n) is 8.71. The number of hydrogen-bond donors (Lipinski definition) is 0. The second-order valence-corrected chi connectivity index (χ2v) is 8.71. The first-order chi connectivity index (χ1) is 9.34. The van der Waals surface area contributed by atoms with Crippen molar-refractivity contribution in [3.63, 3.8) is 0 Å². The topological polar surface area (TPSA) is 0 Å². The molecule has 0 heteroatoms.